The number of benzene rings is 4. The van der Waals surface area contributed by atoms with Crippen molar-refractivity contribution in [2.24, 2.45) is 0 Å². The van der Waals surface area contributed by atoms with Crippen LogP contribution >= 0.6 is 0 Å². The van der Waals surface area contributed by atoms with Crippen LogP contribution in [0.15, 0.2) is 140 Å². The van der Waals surface area contributed by atoms with Gasteiger partial charge >= 0.3 is 0 Å². The third-order valence-corrected chi connectivity index (χ3v) is 7.08. The van der Waals surface area contributed by atoms with E-state index in [1.54, 1.807) is 0 Å². The molecule has 1 N–H and O–H groups in total. The predicted molar refractivity (Wildman–Crippen MR) is 160 cm³/mol. The highest BCUT2D eigenvalue weighted by Crippen LogP contribution is 2.33. The van der Waals surface area contributed by atoms with Crippen molar-refractivity contribution in [3.63, 3.8) is 0 Å². The number of allylic oxidation sites excluding steroid dienone is 2. The van der Waals surface area contributed by atoms with Gasteiger partial charge in [0.2, 0.25) is 0 Å². The monoisotopic (exact) mass is 518 g/mol. The summed E-state index contributed by atoms with van der Waals surface area (Å²) >= 11 is 0. The first-order valence-electron chi connectivity index (χ1n) is 13.2. The van der Waals surface area contributed by atoms with Crippen LogP contribution in [0.2, 0.25) is 0 Å². The van der Waals surface area contributed by atoms with Crippen LogP contribution in [0.5, 0.6) is 5.75 Å². The molecule has 2 aliphatic heterocycles. The van der Waals surface area contributed by atoms with E-state index in [9.17, 15) is 0 Å². The number of hydroxylamine groups is 2. The van der Waals surface area contributed by atoms with Crippen molar-refractivity contribution in [3.05, 3.63) is 151 Å². The van der Waals surface area contributed by atoms with E-state index in [0.717, 1.165) is 56.2 Å². The third-order valence-electron chi connectivity index (χ3n) is 7.08. The fraction of sp³-hybridized carbons (Fsp3) is 0.0286. The zero-order chi connectivity index (χ0) is 26.9. The molecule has 2 aliphatic rings. The highest BCUT2D eigenvalue weighted by atomic mass is 16.7. The molecule has 5 nitrogen and oxygen atoms in total. The van der Waals surface area contributed by atoms with Crippen molar-refractivity contribution < 1.29 is 4.84 Å². The summed E-state index contributed by atoms with van der Waals surface area (Å²) < 4.78 is 0. The van der Waals surface area contributed by atoms with Gasteiger partial charge in [0.1, 0.15) is 0 Å². The van der Waals surface area contributed by atoms with Gasteiger partial charge in [-0.2, -0.15) is 5.06 Å². The topological polar surface area (TPSA) is 50.3 Å². The number of hydrogen-bond donors (Lipinski definition) is 1. The Labute approximate surface area is 233 Å². The quantitative estimate of drug-likeness (QED) is 0.266. The van der Waals surface area contributed by atoms with Crippen molar-refractivity contribution in [2.75, 3.05) is 0 Å². The predicted octanol–water partition coefficient (Wildman–Crippen LogP) is 7.58. The van der Waals surface area contributed by atoms with E-state index in [0.29, 0.717) is 5.82 Å². The van der Waals surface area contributed by atoms with Crippen LogP contribution in [0.25, 0.3) is 45.2 Å². The molecule has 0 bridgehead atoms. The van der Waals surface area contributed by atoms with E-state index in [2.05, 4.69) is 78.6 Å². The van der Waals surface area contributed by atoms with Crippen LogP contribution in [0.3, 0.4) is 0 Å². The van der Waals surface area contributed by atoms with Crippen LogP contribution in [0, 0.1) is 0 Å². The number of nitrogens with one attached hydrogen (secondary N) is 1. The smallest absolute Gasteiger partial charge is 0.164 e. The van der Waals surface area contributed by atoms with Crippen molar-refractivity contribution >= 4 is 11.3 Å². The van der Waals surface area contributed by atoms with E-state index in [-0.39, 0.29) is 6.17 Å². The zero-order valence-electron chi connectivity index (χ0n) is 21.7. The largest absolute Gasteiger partial charge is 0.377 e. The van der Waals surface area contributed by atoms with Gasteiger partial charge in [0.25, 0.3) is 0 Å². The molecule has 5 aromatic rings. The molecule has 0 saturated heterocycles. The lowest BCUT2D eigenvalue weighted by Crippen LogP contribution is -2.41. The van der Waals surface area contributed by atoms with Gasteiger partial charge in [-0.25, -0.2) is 9.97 Å². The van der Waals surface area contributed by atoms with Crippen molar-refractivity contribution in [3.8, 4) is 39.7 Å². The summed E-state index contributed by atoms with van der Waals surface area (Å²) in [5.74, 6) is 1.46. The number of aromatic nitrogens is 2. The summed E-state index contributed by atoms with van der Waals surface area (Å²) in [7, 11) is 0. The molecule has 40 heavy (non-hydrogen) atoms. The molecule has 0 aliphatic carbocycles. The Hall–Kier alpha value is -5.42. The molecule has 4 aromatic carbocycles. The van der Waals surface area contributed by atoms with E-state index in [1.165, 1.54) is 0 Å². The van der Waals surface area contributed by atoms with Crippen LogP contribution in [0.4, 0.5) is 0 Å². The summed E-state index contributed by atoms with van der Waals surface area (Å²) in [5, 5.41) is 5.27. The first-order chi connectivity index (χ1) is 19.7. The van der Waals surface area contributed by atoms with Crippen molar-refractivity contribution in [1.29, 1.82) is 0 Å². The maximum absolute atomic E-state index is 6.25. The number of fused-ring (bicyclic) bond motifs is 2. The minimum absolute atomic E-state index is 0.145. The van der Waals surface area contributed by atoms with Crippen LogP contribution in [-0.4, -0.2) is 21.2 Å². The number of nitrogens with zero attached hydrogens (tertiary/aromatic N) is 3. The first-order valence-corrected chi connectivity index (χ1v) is 13.2. The number of hydrogen-bond acceptors (Lipinski definition) is 5. The Morgan fingerprint density at radius 3 is 1.95 bits per heavy atom. The van der Waals surface area contributed by atoms with Gasteiger partial charge in [-0.3, -0.25) is 0 Å². The highest BCUT2D eigenvalue weighted by Gasteiger charge is 2.25. The molecule has 7 rings (SSSR count). The van der Waals surface area contributed by atoms with Gasteiger partial charge in [-0.15, -0.1) is 0 Å². The Kier molecular flexibility index (Phi) is 5.94. The van der Waals surface area contributed by atoms with E-state index >= 15 is 0 Å². The van der Waals surface area contributed by atoms with Crippen molar-refractivity contribution in [2.45, 2.75) is 6.17 Å². The summed E-state index contributed by atoms with van der Waals surface area (Å²) in [6.07, 6.45) is 6.06. The molecule has 0 spiro atoms. The zero-order valence-corrected chi connectivity index (χ0v) is 21.7. The second-order valence-corrected chi connectivity index (χ2v) is 9.73. The second-order valence-electron chi connectivity index (χ2n) is 9.73. The molecule has 0 amide bonds. The molecular weight excluding hydrogens is 492 g/mol. The minimum atomic E-state index is -0.145. The molecule has 192 valence electrons. The highest BCUT2D eigenvalue weighted by molar-refractivity contribution is 5.78. The Morgan fingerprint density at radius 1 is 0.675 bits per heavy atom. The van der Waals surface area contributed by atoms with Crippen LogP contribution in [-0.2, 0) is 0 Å². The van der Waals surface area contributed by atoms with Crippen LogP contribution < -0.4 is 10.2 Å². The van der Waals surface area contributed by atoms with E-state index in [1.807, 2.05) is 71.9 Å². The Morgan fingerprint density at radius 2 is 1.27 bits per heavy atom. The number of rotatable bonds is 4. The SMILES string of the molecule is C=C1NC2C=CC(c3ccc(-c4nc(-c5ccccc5)cc(-c5ccccc5)n4)cc3)=CN2Oc2ccccc21. The van der Waals surface area contributed by atoms with Gasteiger partial charge in [-0.1, -0.05) is 110 Å². The normalized spacial score (nSPS) is 15.7. The fourth-order valence-electron chi connectivity index (χ4n) is 4.97. The first kappa shape index (κ1) is 23.7. The molecule has 0 radical (unpaired) electrons. The molecule has 1 atom stereocenters. The average Bonchev–Trinajstić information content (AvgIpc) is 3.17. The van der Waals surface area contributed by atoms with Gasteiger partial charge in [0, 0.05) is 39.7 Å². The summed E-state index contributed by atoms with van der Waals surface area (Å²) in [6, 6.07) is 38.8. The molecule has 5 heteroatoms. The molecule has 0 saturated carbocycles. The summed E-state index contributed by atoms with van der Waals surface area (Å²) in [6.45, 7) is 4.19. The van der Waals surface area contributed by atoms with Gasteiger partial charge in [0.05, 0.1) is 11.4 Å². The van der Waals surface area contributed by atoms with E-state index < -0.39 is 0 Å². The lowest BCUT2D eigenvalue weighted by molar-refractivity contribution is -0.0342. The molecule has 3 heterocycles. The van der Waals surface area contributed by atoms with Gasteiger partial charge in [0.15, 0.2) is 17.7 Å². The molecule has 1 aromatic heterocycles. The second kappa shape index (κ2) is 10.0. The Balaban J connectivity index is 1.22. The number of para-hydroxylation sites is 1. The molecular formula is C35H26N4O. The minimum Gasteiger partial charge on any atom is -0.377 e. The average molecular weight is 519 g/mol. The van der Waals surface area contributed by atoms with Crippen molar-refractivity contribution in [1.82, 2.24) is 20.3 Å². The summed E-state index contributed by atoms with van der Waals surface area (Å²) in [4.78, 5) is 16.1. The fourth-order valence-corrected chi connectivity index (χ4v) is 4.97. The third kappa shape index (κ3) is 4.54. The maximum atomic E-state index is 6.25. The maximum Gasteiger partial charge on any atom is 0.164 e. The lowest BCUT2D eigenvalue weighted by Gasteiger charge is -2.29. The molecule has 1 unspecified atom stereocenters. The summed E-state index contributed by atoms with van der Waals surface area (Å²) in [5.41, 5.74) is 8.76. The van der Waals surface area contributed by atoms with Gasteiger partial charge in [-0.05, 0) is 29.8 Å². The van der Waals surface area contributed by atoms with E-state index in [4.69, 9.17) is 14.8 Å². The lowest BCUT2D eigenvalue weighted by atomic mass is 10.0. The Bertz CT molecular complexity index is 1700. The van der Waals surface area contributed by atoms with Crippen LogP contribution in [0.1, 0.15) is 11.1 Å². The van der Waals surface area contributed by atoms with Gasteiger partial charge < -0.3 is 10.2 Å². The molecule has 0 fully saturated rings. The standard InChI is InChI=1S/C35H26N4O/c1-24-30-14-8-9-15-33(30)40-39-23-29(20-21-34(39)36-24)25-16-18-28(19-17-25)35-37-31(26-10-4-2-5-11-26)22-32(38-35)27-12-6-3-7-13-27/h2-23,34,36H,1H2.